The Morgan fingerprint density at radius 3 is 2.71 bits per heavy atom. The minimum Gasteiger partial charge on any atom is -0.497 e. The molecule has 0 aliphatic rings. The molecule has 0 radical (unpaired) electrons. The van der Waals surface area contributed by atoms with Crippen molar-refractivity contribution >= 4 is 21.8 Å². The van der Waals surface area contributed by atoms with Gasteiger partial charge in [0.15, 0.2) is 0 Å². The zero-order valence-electron chi connectivity index (χ0n) is 9.96. The molecule has 0 spiro atoms. The van der Waals surface area contributed by atoms with E-state index in [2.05, 4.69) is 21.2 Å². The molecule has 1 amide bonds. The zero-order chi connectivity index (χ0) is 12.7. The first-order chi connectivity index (χ1) is 8.22. The molecular weight excluding hydrogens is 286 g/mol. The summed E-state index contributed by atoms with van der Waals surface area (Å²) >= 11 is 3.31. The van der Waals surface area contributed by atoms with Crippen molar-refractivity contribution in [3.63, 3.8) is 0 Å². The number of amides is 1. The van der Waals surface area contributed by atoms with E-state index in [1.807, 2.05) is 0 Å². The molecule has 0 fully saturated rings. The van der Waals surface area contributed by atoms with E-state index >= 15 is 0 Å². The third kappa shape index (κ3) is 3.93. The van der Waals surface area contributed by atoms with Crippen LogP contribution in [0.25, 0.3) is 0 Å². The van der Waals surface area contributed by atoms with E-state index in [0.29, 0.717) is 23.6 Å². The van der Waals surface area contributed by atoms with Gasteiger partial charge in [-0.15, -0.1) is 0 Å². The predicted octanol–water partition coefficient (Wildman–Crippen LogP) is 2.22. The van der Waals surface area contributed by atoms with E-state index in [9.17, 15) is 4.79 Å². The molecule has 5 heteroatoms. The Kier molecular flexibility index (Phi) is 5.83. The minimum atomic E-state index is -0.134. The monoisotopic (exact) mass is 301 g/mol. The lowest BCUT2D eigenvalue weighted by Crippen LogP contribution is -2.25. The van der Waals surface area contributed by atoms with Gasteiger partial charge in [0.1, 0.15) is 11.5 Å². The van der Waals surface area contributed by atoms with Crippen molar-refractivity contribution in [2.24, 2.45) is 0 Å². The maximum atomic E-state index is 11.9. The highest BCUT2D eigenvalue weighted by molar-refractivity contribution is 9.09. The molecule has 0 bridgehead atoms. The topological polar surface area (TPSA) is 47.6 Å². The van der Waals surface area contributed by atoms with Crippen LogP contribution < -0.4 is 14.8 Å². The molecule has 0 aliphatic heterocycles. The van der Waals surface area contributed by atoms with Crippen molar-refractivity contribution < 1.29 is 14.3 Å². The van der Waals surface area contributed by atoms with Crippen LogP contribution in [0.15, 0.2) is 18.2 Å². The Morgan fingerprint density at radius 1 is 1.35 bits per heavy atom. The van der Waals surface area contributed by atoms with Crippen LogP contribution in [-0.2, 0) is 0 Å². The lowest BCUT2D eigenvalue weighted by molar-refractivity contribution is 0.0951. The van der Waals surface area contributed by atoms with E-state index < -0.39 is 0 Å². The summed E-state index contributed by atoms with van der Waals surface area (Å²) in [5, 5.41) is 3.69. The highest BCUT2D eigenvalue weighted by Crippen LogP contribution is 2.24. The second kappa shape index (κ2) is 7.17. The number of hydrogen-bond donors (Lipinski definition) is 1. The molecule has 1 rings (SSSR count). The Hall–Kier alpha value is -1.23. The molecule has 0 aliphatic carbocycles. The zero-order valence-corrected chi connectivity index (χ0v) is 11.5. The van der Waals surface area contributed by atoms with Crippen LogP contribution in [0.5, 0.6) is 11.5 Å². The molecule has 4 nitrogen and oxygen atoms in total. The number of carbonyl (C=O) groups is 1. The first kappa shape index (κ1) is 13.8. The van der Waals surface area contributed by atoms with E-state index in [4.69, 9.17) is 9.47 Å². The third-order valence-corrected chi connectivity index (χ3v) is 2.81. The largest absolute Gasteiger partial charge is 0.497 e. The highest BCUT2D eigenvalue weighted by atomic mass is 79.9. The van der Waals surface area contributed by atoms with Gasteiger partial charge in [-0.2, -0.15) is 0 Å². The van der Waals surface area contributed by atoms with Crippen molar-refractivity contribution in [1.29, 1.82) is 0 Å². The molecule has 0 atom stereocenters. The molecule has 0 heterocycles. The second-order valence-electron chi connectivity index (χ2n) is 3.36. The number of hydrogen-bond acceptors (Lipinski definition) is 3. The summed E-state index contributed by atoms with van der Waals surface area (Å²) in [6.07, 6.45) is 0.893. The average Bonchev–Trinajstić information content (AvgIpc) is 2.38. The summed E-state index contributed by atoms with van der Waals surface area (Å²) < 4.78 is 10.2. The van der Waals surface area contributed by atoms with Gasteiger partial charge < -0.3 is 14.8 Å². The molecule has 0 saturated heterocycles. The van der Waals surface area contributed by atoms with Gasteiger partial charge in [0.05, 0.1) is 19.8 Å². The van der Waals surface area contributed by atoms with Gasteiger partial charge in [0.25, 0.3) is 5.91 Å². The van der Waals surface area contributed by atoms with Crippen LogP contribution >= 0.6 is 15.9 Å². The number of methoxy groups -OCH3 is 2. The summed E-state index contributed by atoms with van der Waals surface area (Å²) in [7, 11) is 3.11. The Bertz CT molecular complexity index is 382. The lowest BCUT2D eigenvalue weighted by Gasteiger charge is -2.10. The van der Waals surface area contributed by atoms with Crippen LogP contribution in [0.2, 0.25) is 0 Å². The lowest BCUT2D eigenvalue weighted by atomic mass is 10.1. The number of alkyl halides is 1. The summed E-state index contributed by atoms with van der Waals surface area (Å²) in [4.78, 5) is 11.9. The quantitative estimate of drug-likeness (QED) is 0.647. The van der Waals surface area contributed by atoms with Crippen LogP contribution in [0.1, 0.15) is 16.8 Å². The Balaban J connectivity index is 2.78. The maximum Gasteiger partial charge on any atom is 0.255 e. The Labute approximate surface area is 109 Å². The SMILES string of the molecule is COc1ccc(C(=O)NCCCBr)c(OC)c1. The van der Waals surface area contributed by atoms with Crippen molar-refractivity contribution in [1.82, 2.24) is 5.32 Å². The fourth-order valence-electron chi connectivity index (χ4n) is 1.35. The predicted molar refractivity (Wildman–Crippen MR) is 70.3 cm³/mol. The van der Waals surface area contributed by atoms with E-state index in [0.717, 1.165) is 11.8 Å². The van der Waals surface area contributed by atoms with Gasteiger partial charge in [0, 0.05) is 17.9 Å². The number of halogens is 1. The smallest absolute Gasteiger partial charge is 0.255 e. The number of carbonyl (C=O) groups excluding carboxylic acids is 1. The minimum absolute atomic E-state index is 0.134. The van der Waals surface area contributed by atoms with Crippen molar-refractivity contribution in [2.45, 2.75) is 6.42 Å². The maximum absolute atomic E-state index is 11.9. The first-order valence-corrected chi connectivity index (χ1v) is 6.41. The highest BCUT2D eigenvalue weighted by Gasteiger charge is 2.12. The molecule has 1 aromatic rings. The van der Waals surface area contributed by atoms with Gasteiger partial charge in [-0.1, -0.05) is 15.9 Å². The standard InChI is InChI=1S/C12H16BrNO3/c1-16-9-4-5-10(11(8-9)17-2)12(15)14-7-3-6-13/h4-5,8H,3,6-7H2,1-2H3,(H,14,15). The van der Waals surface area contributed by atoms with Crippen LogP contribution in [0.3, 0.4) is 0 Å². The average molecular weight is 302 g/mol. The first-order valence-electron chi connectivity index (χ1n) is 5.29. The van der Waals surface area contributed by atoms with Crippen LogP contribution in [0, 0.1) is 0 Å². The van der Waals surface area contributed by atoms with Crippen molar-refractivity contribution in [3.8, 4) is 11.5 Å². The Morgan fingerprint density at radius 2 is 2.12 bits per heavy atom. The summed E-state index contributed by atoms with van der Waals surface area (Å²) in [6, 6.07) is 5.13. The fourth-order valence-corrected chi connectivity index (χ4v) is 1.63. The van der Waals surface area contributed by atoms with Crippen LogP contribution in [-0.4, -0.2) is 32.0 Å². The van der Waals surface area contributed by atoms with Gasteiger partial charge in [-0.3, -0.25) is 4.79 Å². The number of ether oxygens (including phenoxy) is 2. The van der Waals surface area contributed by atoms with E-state index in [-0.39, 0.29) is 5.91 Å². The molecular formula is C12H16BrNO3. The van der Waals surface area contributed by atoms with Crippen molar-refractivity contribution in [3.05, 3.63) is 23.8 Å². The third-order valence-electron chi connectivity index (χ3n) is 2.25. The normalized spacial score (nSPS) is 9.82. The molecule has 17 heavy (non-hydrogen) atoms. The van der Waals surface area contributed by atoms with Gasteiger partial charge >= 0.3 is 0 Å². The summed E-state index contributed by atoms with van der Waals surface area (Å²) in [5.74, 6) is 1.05. The number of rotatable bonds is 6. The van der Waals surface area contributed by atoms with E-state index in [1.165, 1.54) is 7.11 Å². The second-order valence-corrected chi connectivity index (χ2v) is 4.16. The van der Waals surface area contributed by atoms with Gasteiger partial charge in [-0.05, 0) is 18.6 Å². The summed E-state index contributed by atoms with van der Waals surface area (Å²) in [6.45, 7) is 0.638. The van der Waals surface area contributed by atoms with Gasteiger partial charge in [0.2, 0.25) is 0 Å². The fraction of sp³-hybridized carbons (Fsp3) is 0.417. The van der Waals surface area contributed by atoms with Crippen LogP contribution in [0.4, 0.5) is 0 Å². The van der Waals surface area contributed by atoms with E-state index in [1.54, 1.807) is 25.3 Å². The molecule has 0 aromatic heterocycles. The summed E-state index contributed by atoms with van der Waals surface area (Å²) in [5.41, 5.74) is 0.517. The molecule has 0 unspecified atom stereocenters. The number of benzene rings is 1. The van der Waals surface area contributed by atoms with Gasteiger partial charge in [-0.25, -0.2) is 0 Å². The number of nitrogens with one attached hydrogen (secondary N) is 1. The molecule has 1 N–H and O–H groups in total. The molecule has 1 aromatic carbocycles. The molecule has 94 valence electrons. The van der Waals surface area contributed by atoms with Crippen molar-refractivity contribution in [2.75, 3.05) is 26.1 Å². The molecule has 0 saturated carbocycles.